The van der Waals surface area contributed by atoms with E-state index in [1.807, 2.05) is 42.5 Å². The zero-order valence-corrected chi connectivity index (χ0v) is 13.4. The highest BCUT2D eigenvalue weighted by atomic mass is 16.3. The van der Waals surface area contributed by atoms with E-state index in [0.29, 0.717) is 12.0 Å². The van der Waals surface area contributed by atoms with Crippen LogP contribution < -0.4 is 0 Å². The minimum atomic E-state index is -0.381. The normalized spacial score (nSPS) is 16.7. The molecule has 0 radical (unpaired) electrons. The number of benzene rings is 2. The summed E-state index contributed by atoms with van der Waals surface area (Å²) in [4.78, 5) is 12.8. The molecule has 5 nitrogen and oxygen atoms in total. The zero-order valence-electron chi connectivity index (χ0n) is 13.4. The van der Waals surface area contributed by atoms with Gasteiger partial charge in [-0.1, -0.05) is 48.5 Å². The van der Waals surface area contributed by atoms with Crippen molar-refractivity contribution in [2.24, 2.45) is 5.10 Å². The number of nitrogens with zero attached hydrogens (tertiary/aromatic N) is 2. The number of carbonyl (C=O) groups excluding carboxylic acids is 1. The predicted octanol–water partition coefficient (Wildman–Crippen LogP) is 3.98. The lowest BCUT2D eigenvalue weighted by Gasteiger charge is -2.21. The van der Waals surface area contributed by atoms with Crippen LogP contribution in [0.1, 0.15) is 34.1 Å². The maximum atomic E-state index is 12.8. The number of furan rings is 1. The molecule has 0 saturated heterocycles. The third-order valence-corrected chi connectivity index (χ3v) is 4.25. The maximum absolute atomic E-state index is 12.8. The monoisotopic (exact) mass is 332 g/mol. The first kappa shape index (κ1) is 15.2. The summed E-state index contributed by atoms with van der Waals surface area (Å²) in [6.07, 6.45) is 1.98. The average Bonchev–Trinajstić information content (AvgIpc) is 3.32. The molecular weight excluding hydrogens is 316 g/mol. The molecule has 3 aromatic rings. The summed E-state index contributed by atoms with van der Waals surface area (Å²) in [6, 6.07) is 19.6. The van der Waals surface area contributed by atoms with Crippen LogP contribution in [0.5, 0.6) is 5.75 Å². The minimum Gasteiger partial charge on any atom is -0.508 e. The second-order valence-corrected chi connectivity index (χ2v) is 5.82. The Bertz CT molecular complexity index is 917. The SMILES string of the molecule is O=C(c1ccco1)N1N=C(c2ccccc2)C[C@H]1c1ccccc1O. The number of phenolic OH excluding ortho intramolecular Hbond substituents is 1. The Kier molecular flexibility index (Phi) is 3.82. The van der Waals surface area contributed by atoms with Crippen LogP contribution in [0.3, 0.4) is 0 Å². The van der Waals surface area contributed by atoms with E-state index >= 15 is 0 Å². The van der Waals surface area contributed by atoms with Crippen molar-refractivity contribution in [2.75, 3.05) is 0 Å². The molecule has 0 spiro atoms. The summed E-state index contributed by atoms with van der Waals surface area (Å²) >= 11 is 0. The molecule has 1 amide bonds. The van der Waals surface area contributed by atoms with Gasteiger partial charge in [0.2, 0.25) is 0 Å². The van der Waals surface area contributed by atoms with E-state index in [1.54, 1.807) is 24.3 Å². The van der Waals surface area contributed by atoms with Crippen molar-refractivity contribution < 1.29 is 14.3 Å². The Morgan fingerprint density at radius 1 is 1.04 bits per heavy atom. The topological polar surface area (TPSA) is 66.0 Å². The molecule has 2 aromatic carbocycles. The summed E-state index contributed by atoms with van der Waals surface area (Å²) in [5, 5.41) is 16.2. The lowest BCUT2D eigenvalue weighted by atomic mass is 9.97. The van der Waals surface area contributed by atoms with Gasteiger partial charge in [0.05, 0.1) is 18.0 Å². The number of amides is 1. The van der Waals surface area contributed by atoms with Gasteiger partial charge in [-0.2, -0.15) is 5.10 Å². The van der Waals surface area contributed by atoms with Crippen molar-refractivity contribution in [3.63, 3.8) is 0 Å². The molecule has 1 aliphatic rings. The van der Waals surface area contributed by atoms with Gasteiger partial charge >= 0.3 is 5.91 Å². The number of carbonyl (C=O) groups is 1. The van der Waals surface area contributed by atoms with Crippen molar-refractivity contribution in [2.45, 2.75) is 12.5 Å². The molecule has 0 bridgehead atoms. The van der Waals surface area contributed by atoms with Crippen LogP contribution in [0, 0.1) is 0 Å². The van der Waals surface area contributed by atoms with Gasteiger partial charge in [0.25, 0.3) is 0 Å². The van der Waals surface area contributed by atoms with Crippen molar-refractivity contribution >= 4 is 11.6 Å². The summed E-state index contributed by atoms with van der Waals surface area (Å²) in [7, 11) is 0. The fourth-order valence-corrected chi connectivity index (χ4v) is 3.03. The summed E-state index contributed by atoms with van der Waals surface area (Å²) < 4.78 is 5.24. The number of hydrazone groups is 1. The lowest BCUT2D eigenvalue weighted by molar-refractivity contribution is 0.0677. The van der Waals surface area contributed by atoms with Crippen LogP contribution in [0.2, 0.25) is 0 Å². The van der Waals surface area contributed by atoms with E-state index in [0.717, 1.165) is 11.3 Å². The fourth-order valence-electron chi connectivity index (χ4n) is 3.03. The molecule has 1 atom stereocenters. The molecular formula is C20H16N2O3. The van der Waals surface area contributed by atoms with Gasteiger partial charge in [0, 0.05) is 12.0 Å². The highest BCUT2D eigenvalue weighted by Crippen LogP contribution is 2.37. The van der Waals surface area contributed by atoms with E-state index in [1.165, 1.54) is 11.3 Å². The second-order valence-electron chi connectivity index (χ2n) is 5.82. The highest BCUT2D eigenvalue weighted by Gasteiger charge is 2.35. The molecule has 4 rings (SSSR count). The molecule has 124 valence electrons. The Hall–Kier alpha value is -3.34. The molecule has 1 aromatic heterocycles. The summed E-state index contributed by atoms with van der Waals surface area (Å²) in [5.41, 5.74) is 2.42. The van der Waals surface area contributed by atoms with Gasteiger partial charge < -0.3 is 9.52 Å². The standard InChI is InChI=1S/C20H16N2O3/c23-18-10-5-4-9-15(18)17-13-16(14-7-2-1-3-8-14)21-22(17)20(24)19-11-6-12-25-19/h1-12,17,23H,13H2/t17-/m0/s1. The Morgan fingerprint density at radius 3 is 2.52 bits per heavy atom. The smallest absolute Gasteiger partial charge is 0.310 e. The van der Waals surface area contributed by atoms with E-state index in [2.05, 4.69) is 5.10 Å². The molecule has 5 heteroatoms. The zero-order chi connectivity index (χ0) is 17.2. The number of hydrogen-bond acceptors (Lipinski definition) is 4. The molecule has 0 fully saturated rings. The lowest BCUT2D eigenvalue weighted by Crippen LogP contribution is -2.26. The van der Waals surface area contributed by atoms with Gasteiger partial charge in [-0.05, 0) is 23.8 Å². The largest absolute Gasteiger partial charge is 0.508 e. The number of phenols is 1. The van der Waals surface area contributed by atoms with Crippen LogP contribution in [-0.4, -0.2) is 21.7 Å². The summed E-state index contributed by atoms with van der Waals surface area (Å²) in [5.74, 6) is 0.0388. The Morgan fingerprint density at radius 2 is 1.80 bits per heavy atom. The number of para-hydroxylation sites is 1. The van der Waals surface area contributed by atoms with Gasteiger partial charge in [0.1, 0.15) is 5.75 Å². The number of hydrogen-bond donors (Lipinski definition) is 1. The number of aromatic hydroxyl groups is 1. The van der Waals surface area contributed by atoms with Crippen LogP contribution in [0.25, 0.3) is 0 Å². The van der Waals surface area contributed by atoms with Crippen molar-refractivity contribution in [1.82, 2.24) is 5.01 Å². The maximum Gasteiger partial charge on any atom is 0.310 e. The Balaban J connectivity index is 1.75. The molecule has 0 saturated carbocycles. The molecule has 0 aliphatic carbocycles. The first-order valence-corrected chi connectivity index (χ1v) is 8.02. The fraction of sp³-hybridized carbons (Fsp3) is 0.100. The summed E-state index contributed by atoms with van der Waals surface area (Å²) in [6.45, 7) is 0. The van der Waals surface area contributed by atoms with Gasteiger partial charge in [-0.3, -0.25) is 4.79 Å². The van der Waals surface area contributed by atoms with E-state index in [9.17, 15) is 9.90 Å². The molecule has 1 aliphatic heterocycles. The van der Waals surface area contributed by atoms with Crippen molar-refractivity contribution in [3.8, 4) is 5.75 Å². The Labute approximate surface area is 144 Å². The minimum absolute atomic E-state index is 0.147. The van der Waals surface area contributed by atoms with Gasteiger partial charge in [-0.15, -0.1) is 0 Å². The van der Waals surface area contributed by atoms with Crippen LogP contribution in [-0.2, 0) is 0 Å². The average molecular weight is 332 g/mol. The van der Waals surface area contributed by atoms with Crippen LogP contribution in [0.4, 0.5) is 0 Å². The van der Waals surface area contributed by atoms with Gasteiger partial charge in [-0.25, -0.2) is 5.01 Å². The van der Waals surface area contributed by atoms with E-state index in [-0.39, 0.29) is 23.5 Å². The van der Waals surface area contributed by atoms with Crippen LogP contribution in [0.15, 0.2) is 82.5 Å². The quantitative estimate of drug-likeness (QED) is 0.789. The molecule has 2 heterocycles. The van der Waals surface area contributed by atoms with Gasteiger partial charge in [0.15, 0.2) is 5.76 Å². The third-order valence-electron chi connectivity index (χ3n) is 4.25. The van der Waals surface area contributed by atoms with Crippen LogP contribution >= 0.6 is 0 Å². The van der Waals surface area contributed by atoms with E-state index < -0.39 is 0 Å². The molecule has 1 N–H and O–H groups in total. The molecule has 0 unspecified atom stereocenters. The predicted molar refractivity (Wildman–Crippen MR) is 93.3 cm³/mol. The second kappa shape index (κ2) is 6.28. The molecule has 25 heavy (non-hydrogen) atoms. The first-order valence-electron chi connectivity index (χ1n) is 8.02. The number of rotatable bonds is 3. The van der Waals surface area contributed by atoms with Crippen molar-refractivity contribution in [3.05, 3.63) is 89.9 Å². The first-order chi connectivity index (χ1) is 12.2. The highest BCUT2D eigenvalue weighted by molar-refractivity contribution is 6.04. The van der Waals surface area contributed by atoms with Crippen molar-refractivity contribution in [1.29, 1.82) is 0 Å². The third kappa shape index (κ3) is 2.80. The van der Waals surface area contributed by atoms with E-state index in [4.69, 9.17) is 4.42 Å².